The Morgan fingerprint density at radius 1 is 1.07 bits per heavy atom. The van der Waals surface area contributed by atoms with Gasteiger partial charge in [0.25, 0.3) is 5.91 Å². The minimum atomic E-state index is -0.396. The summed E-state index contributed by atoms with van der Waals surface area (Å²) in [5.74, 6) is -0.556. The Kier molecular flexibility index (Phi) is 5.75. The van der Waals surface area contributed by atoms with Crippen LogP contribution in [0.2, 0.25) is 0 Å². The fourth-order valence-electron chi connectivity index (χ4n) is 3.09. The largest absolute Gasteiger partial charge is 0.345 e. The van der Waals surface area contributed by atoms with Crippen LogP contribution in [0.15, 0.2) is 66.9 Å². The molecule has 0 N–H and O–H groups in total. The van der Waals surface area contributed by atoms with E-state index in [2.05, 4.69) is 35.8 Å². The van der Waals surface area contributed by atoms with Crippen molar-refractivity contribution in [1.29, 1.82) is 0 Å². The quantitative estimate of drug-likeness (QED) is 0.602. The predicted octanol–water partition coefficient (Wildman–Crippen LogP) is 5.03. The fourth-order valence-corrected chi connectivity index (χ4v) is 3.09. The number of carbonyl (C=O) groups is 1. The lowest BCUT2D eigenvalue weighted by molar-refractivity contribution is 0.0685. The summed E-state index contributed by atoms with van der Waals surface area (Å²) in [5, 5.41) is 0. The maximum atomic E-state index is 13.5. The van der Waals surface area contributed by atoms with Gasteiger partial charge < -0.3 is 9.47 Å². The average molecular weight is 364 g/mol. The Hall–Kier alpha value is -2.88. The number of rotatable bonds is 6. The number of hydrogen-bond donors (Lipinski definition) is 0. The Bertz CT molecular complexity index is 912. The highest BCUT2D eigenvalue weighted by Gasteiger charge is 2.20. The second-order valence-corrected chi connectivity index (χ2v) is 7.15. The van der Waals surface area contributed by atoms with E-state index in [4.69, 9.17) is 0 Å². The molecule has 3 rings (SSSR count). The number of halogens is 1. The van der Waals surface area contributed by atoms with Crippen LogP contribution in [-0.2, 0) is 13.1 Å². The van der Waals surface area contributed by atoms with Gasteiger partial charge in [-0.25, -0.2) is 4.39 Å². The molecule has 0 aliphatic rings. The summed E-state index contributed by atoms with van der Waals surface area (Å²) in [6, 6.07) is 18.4. The van der Waals surface area contributed by atoms with E-state index < -0.39 is 5.82 Å². The monoisotopic (exact) mass is 364 g/mol. The highest BCUT2D eigenvalue weighted by molar-refractivity contribution is 5.94. The van der Waals surface area contributed by atoms with Crippen LogP contribution < -0.4 is 0 Å². The highest BCUT2D eigenvalue weighted by Crippen LogP contribution is 2.16. The molecule has 0 saturated carbocycles. The van der Waals surface area contributed by atoms with Gasteiger partial charge in [-0.3, -0.25) is 4.79 Å². The van der Waals surface area contributed by atoms with E-state index in [0.717, 1.165) is 12.2 Å². The first-order valence-electron chi connectivity index (χ1n) is 9.20. The molecule has 1 heterocycles. The second-order valence-electron chi connectivity index (χ2n) is 7.15. The molecule has 0 unspecified atom stereocenters. The molecule has 3 nitrogen and oxygen atoms in total. The molecule has 1 amide bonds. The van der Waals surface area contributed by atoms with Crippen LogP contribution in [-0.4, -0.2) is 21.4 Å². The predicted molar refractivity (Wildman–Crippen MR) is 106 cm³/mol. The first kappa shape index (κ1) is 18.9. The summed E-state index contributed by atoms with van der Waals surface area (Å²) in [6.45, 7) is 7.26. The van der Waals surface area contributed by atoms with E-state index in [9.17, 15) is 9.18 Å². The molecule has 0 aliphatic carbocycles. The first-order valence-corrected chi connectivity index (χ1v) is 9.20. The van der Waals surface area contributed by atoms with E-state index in [1.165, 1.54) is 23.3 Å². The van der Waals surface area contributed by atoms with Gasteiger partial charge in [-0.05, 0) is 56.7 Å². The number of aromatic nitrogens is 1. The lowest BCUT2D eigenvalue weighted by Crippen LogP contribution is -2.37. The molecule has 140 valence electrons. The van der Waals surface area contributed by atoms with Gasteiger partial charge in [0.15, 0.2) is 0 Å². The van der Waals surface area contributed by atoms with Crippen molar-refractivity contribution in [3.8, 4) is 0 Å². The Labute approximate surface area is 160 Å². The van der Waals surface area contributed by atoms with Gasteiger partial charge in [-0.15, -0.1) is 0 Å². The normalized spacial score (nSPS) is 11.0. The van der Waals surface area contributed by atoms with Gasteiger partial charge in [0.1, 0.15) is 5.82 Å². The minimum absolute atomic E-state index is 0.00323. The molecule has 1 aromatic heterocycles. The maximum absolute atomic E-state index is 13.5. The van der Waals surface area contributed by atoms with Crippen LogP contribution >= 0.6 is 0 Å². The highest BCUT2D eigenvalue weighted by atomic mass is 19.1. The first-order chi connectivity index (χ1) is 12.9. The van der Waals surface area contributed by atoms with E-state index in [1.54, 1.807) is 17.0 Å². The van der Waals surface area contributed by atoms with Gasteiger partial charge in [-0.1, -0.05) is 35.9 Å². The smallest absolute Gasteiger partial charge is 0.254 e. The summed E-state index contributed by atoms with van der Waals surface area (Å²) >= 11 is 0. The number of carbonyl (C=O) groups excluding carboxylic acids is 1. The van der Waals surface area contributed by atoms with Crippen molar-refractivity contribution < 1.29 is 9.18 Å². The van der Waals surface area contributed by atoms with Crippen molar-refractivity contribution in [2.24, 2.45) is 0 Å². The molecule has 0 fully saturated rings. The zero-order valence-electron chi connectivity index (χ0n) is 16.0. The topological polar surface area (TPSA) is 25.2 Å². The van der Waals surface area contributed by atoms with E-state index in [-0.39, 0.29) is 11.9 Å². The van der Waals surface area contributed by atoms with Gasteiger partial charge in [-0.2, -0.15) is 0 Å². The molecule has 0 aliphatic heterocycles. The van der Waals surface area contributed by atoms with E-state index >= 15 is 0 Å². The summed E-state index contributed by atoms with van der Waals surface area (Å²) in [6.07, 6.45) is 2.03. The van der Waals surface area contributed by atoms with Crippen molar-refractivity contribution in [3.05, 3.63) is 95.1 Å². The van der Waals surface area contributed by atoms with Gasteiger partial charge in [0.2, 0.25) is 0 Å². The third-order valence-electron chi connectivity index (χ3n) is 4.69. The Morgan fingerprint density at radius 2 is 1.81 bits per heavy atom. The third-order valence-corrected chi connectivity index (χ3v) is 4.69. The van der Waals surface area contributed by atoms with Crippen LogP contribution in [0.5, 0.6) is 0 Å². The standard InChI is InChI=1S/C23H25FN2O/c1-17(2)26(23(27)20-6-4-7-21(24)14-20)16-22-8-5-13-25(22)15-19-11-9-18(3)10-12-19/h4-14,17H,15-16H2,1-3H3. The van der Waals surface area contributed by atoms with Crippen LogP contribution in [0.1, 0.15) is 41.0 Å². The molecule has 27 heavy (non-hydrogen) atoms. The zero-order valence-corrected chi connectivity index (χ0v) is 16.0. The molecule has 0 spiro atoms. The van der Waals surface area contributed by atoms with Gasteiger partial charge in [0, 0.05) is 30.0 Å². The number of nitrogens with zero attached hydrogens (tertiary/aromatic N) is 2. The zero-order chi connectivity index (χ0) is 19.4. The molecule has 0 radical (unpaired) electrons. The number of benzene rings is 2. The molecule has 0 atom stereocenters. The lowest BCUT2D eigenvalue weighted by Gasteiger charge is -2.27. The third kappa shape index (κ3) is 4.64. The summed E-state index contributed by atoms with van der Waals surface area (Å²) in [4.78, 5) is 14.7. The lowest BCUT2D eigenvalue weighted by atomic mass is 10.1. The van der Waals surface area contributed by atoms with Crippen LogP contribution in [0.4, 0.5) is 4.39 Å². The van der Waals surface area contributed by atoms with Crippen molar-refractivity contribution in [3.63, 3.8) is 0 Å². The average Bonchev–Trinajstić information content (AvgIpc) is 3.07. The summed E-state index contributed by atoms with van der Waals surface area (Å²) in [7, 11) is 0. The maximum Gasteiger partial charge on any atom is 0.254 e. The SMILES string of the molecule is Cc1ccc(Cn2cccc2CN(C(=O)c2cccc(F)c2)C(C)C)cc1. The Balaban J connectivity index is 1.80. The van der Waals surface area contributed by atoms with Crippen LogP contribution in [0, 0.1) is 12.7 Å². The molecule has 0 bridgehead atoms. The molecule has 0 saturated heterocycles. The summed E-state index contributed by atoms with van der Waals surface area (Å²) in [5.41, 5.74) is 3.87. The molecular formula is C23H25FN2O. The van der Waals surface area contributed by atoms with Gasteiger partial charge in [0.05, 0.1) is 6.54 Å². The second kappa shape index (κ2) is 8.21. The van der Waals surface area contributed by atoms with Crippen molar-refractivity contribution in [1.82, 2.24) is 9.47 Å². The van der Waals surface area contributed by atoms with Crippen LogP contribution in [0.25, 0.3) is 0 Å². The van der Waals surface area contributed by atoms with E-state index in [0.29, 0.717) is 12.1 Å². The van der Waals surface area contributed by atoms with Crippen molar-refractivity contribution >= 4 is 5.91 Å². The van der Waals surface area contributed by atoms with E-state index in [1.807, 2.05) is 32.2 Å². The Morgan fingerprint density at radius 3 is 2.48 bits per heavy atom. The molecular weight excluding hydrogens is 339 g/mol. The van der Waals surface area contributed by atoms with Crippen molar-refractivity contribution in [2.45, 2.75) is 39.9 Å². The number of hydrogen-bond acceptors (Lipinski definition) is 1. The molecule has 4 heteroatoms. The van der Waals surface area contributed by atoms with Crippen molar-refractivity contribution in [2.75, 3.05) is 0 Å². The fraction of sp³-hybridized carbons (Fsp3) is 0.261. The van der Waals surface area contributed by atoms with Crippen LogP contribution in [0.3, 0.4) is 0 Å². The number of amides is 1. The summed E-state index contributed by atoms with van der Waals surface area (Å²) < 4.78 is 15.7. The minimum Gasteiger partial charge on any atom is -0.345 e. The number of aryl methyl sites for hydroxylation is 1. The molecule has 3 aromatic rings. The molecule has 2 aromatic carbocycles. The van der Waals surface area contributed by atoms with Gasteiger partial charge >= 0.3 is 0 Å².